The van der Waals surface area contributed by atoms with Gasteiger partial charge in [-0.3, -0.25) is 14.4 Å². The first kappa shape index (κ1) is 74.3. The van der Waals surface area contributed by atoms with Crippen molar-refractivity contribution in [3.63, 3.8) is 0 Å². The van der Waals surface area contributed by atoms with Crippen LogP contribution in [0.5, 0.6) is 0 Å². The maximum Gasteiger partial charge on any atom is 0.306 e. The third kappa shape index (κ3) is 63.2. The summed E-state index contributed by atoms with van der Waals surface area (Å²) < 4.78 is 16.9. The molecule has 0 spiro atoms. The zero-order chi connectivity index (χ0) is 56.4. The van der Waals surface area contributed by atoms with Crippen LogP contribution in [0.3, 0.4) is 0 Å². The maximum atomic E-state index is 12.9. The molecule has 0 saturated heterocycles. The molecule has 0 amide bonds. The molecule has 0 aromatic rings. The lowest BCUT2D eigenvalue weighted by Crippen LogP contribution is -2.30. The average molecular weight is 1090 g/mol. The van der Waals surface area contributed by atoms with Crippen molar-refractivity contribution >= 4 is 17.9 Å². The molecule has 0 rings (SSSR count). The smallest absolute Gasteiger partial charge is 0.306 e. The summed E-state index contributed by atoms with van der Waals surface area (Å²) in [6, 6.07) is 0. The molecule has 0 bridgehead atoms. The number of hydrogen-bond donors (Lipinski definition) is 0. The zero-order valence-corrected chi connectivity index (χ0v) is 51.4. The van der Waals surface area contributed by atoms with Crippen molar-refractivity contribution in [2.24, 2.45) is 0 Å². The lowest BCUT2D eigenvalue weighted by Gasteiger charge is -2.18. The summed E-state index contributed by atoms with van der Waals surface area (Å²) in [6.45, 7) is 6.41. The first-order valence-electron chi connectivity index (χ1n) is 33.2. The topological polar surface area (TPSA) is 78.9 Å². The molecule has 0 fully saturated rings. The van der Waals surface area contributed by atoms with Gasteiger partial charge in [0, 0.05) is 19.3 Å². The molecule has 448 valence electrons. The minimum Gasteiger partial charge on any atom is -0.462 e. The zero-order valence-electron chi connectivity index (χ0n) is 51.4. The molecule has 0 aliphatic rings. The average Bonchev–Trinajstić information content (AvgIpc) is 3.44. The first-order valence-corrected chi connectivity index (χ1v) is 33.2. The molecular formula is C72H124O6. The SMILES string of the molecule is CC/C=C\C/C=C\C/C=C\C/C=C\CCCCCCCCCCCCCCCCCCCCC(=O)OCC(COC(=O)CCCCCCCCCC)OC(=O)CCCCCCCCCC/C=C\C/C=C\C/C=C\C/C=C\CC. The van der Waals surface area contributed by atoms with Crippen LogP contribution >= 0.6 is 0 Å². The van der Waals surface area contributed by atoms with E-state index < -0.39 is 6.10 Å². The van der Waals surface area contributed by atoms with Gasteiger partial charge < -0.3 is 14.2 Å². The fourth-order valence-electron chi connectivity index (χ4n) is 9.43. The number of carbonyl (C=O) groups is 3. The highest BCUT2D eigenvalue weighted by atomic mass is 16.6. The summed E-state index contributed by atoms with van der Waals surface area (Å²) in [7, 11) is 0. The van der Waals surface area contributed by atoms with Crippen LogP contribution in [0.1, 0.15) is 323 Å². The van der Waals surface area contributed by atoms with Crippen LogP contribution in [0.15, 0.2) is 97.2 Å². The van der Waals surface area contributed by atoms with Gasteiger partial charge in [-0.05, 0) is 96.3 Å². The van der Waals surface area contributed by atoms with Crippen molar-refractivity contribution in [2.75, 3.05) is 13.2 Å². The molecule has 6 nitrogen and oxygen atoms in total. The summed E-state index contributed by atoms with van der Waals surface area (Å²) in [5.41, 5.74) is 0. The number of unbranched alkanes of at least 4 members (excludes halogenated alkanes) is 33. The van der Waals surface area contributed by atoms with E-state index in [1.807, 2.05) is 0 Å². The van der Waals surface area contributed by atoms with Crippen LogP contribution in [0, 0.1) is 0 Å². The second-order valence-corrected chi connectivity index (χ2v) is 22.0. The monoisotopic (exact) mass is 1080 g/mol. The summed E-state index contributed by atoms with van der Waals surface area (Å²) in [4.78, 5) is 38.2. The fourth-order valence-corrected chi connectivity index (χ4v) is 9.43. The molecule has 78 heavy (non-hydrogen) atoms. The number of allylic oxidation sites excluding steroid dienone is 16. The van der Waals surface area contributed by atoms with Crippen LogP contribution in [-0.4, -0.2) is 37.2 Å². The van der Waals surface area contributed by atoms with Gasteiger partial charge >= 0.3 is 17.9 Å². The van der Waals surface area contributed by atoms with Crippen molar-refractivity contribution in [1.29, 1.82) is 0 Å². The molecule has 0 aliphatic carbocycles. The molecule has 0 radical (unpaired) electrons. The largest absolute Gasteiger partial charge is 0.462 e. The number of carbonyl (C=O) groups excluding carboxylic acids is 3. The lowest BCUT2D eigenvalue weighted by atomic mass is 10.0. The van der Waals surface area contributed by atoms with Gasteiger partial charge in [-0.1, -0.05) is 304 Å². The van der Waals surface area contributed by atoms with Gasteiger partial charge in [-0.15, -0.1) is 0 Å². The minimum atomic E-state index is -0.779. The van der Waals surface area contributed by atoms with Gasteiger partial charge in [-0.25, -0.2) is 0 Å². The Hall–Kier alpha value is -3.67. The molecule has 0 aromatic carbocycles. The molecule has 6 heteroatoms. The number of rotatable bonds is 60. The van der Waals surface area contributed by atoms with Crippen molar-refractivity contribution in [2.45, 2.75) is 329 Å². The van der Waals surface area contributed by atoms with Crippen LogP contribution in [0.2, 0.25) is 0 Å². The molecule has 0 saturated carbocycles. The van der Waals surface area contributed by atoms with Crippen molar-refractivity contribution in [3.8, 4) is 0 Å². The van der Waals surface area contributed by atoms with Gasteiger partial charge in [0.05, 0.1) is 0 Å². The molecule has 0 aliphatic heterocycles. The van der Waals surface area contributed by atoms with Gasteiger partial charge in [0.1, 0.15) is 13.2 Å². The highest BCUT2D eigenvalue weighted by molar-refractivity contribution is 5.71. The van der Waals surface area contributed by atoms with Gasteiger partial charge in [0.15, 0.2) is 6.10 Å². The Bertz CT molecular complexity index is 1530. The number of hydrogen-bond acceptors (Lipinski definition) is 6. The fraction of sp³-hybridized carbons (Fsp3) is 0.736. The maximum absolute atomic E-state index is 12.9. The Labute approximate surface area is 483 Å². The van der Waals surface area contributed by atoms with E-state index in [0.717, 1.165) is 116 Å². The number of esters is 3. The van der Waals surface area contributed by atoms with Crippen molar-refractivity contribution in [1.82, 2.24) is 0 Å². The van der Waals surface area contributed by atoms with Crippen LogP contribution in [-0.2, 0) is 28.6 Å². The van der Waals surface area contributed by atoms with E-state index in [-0.39, 0.29) is 31.1 Å². The molecule has 0 N–H and O–H groups in total. The Kier molecular flexibility index (Phi) is 62.7. The van der Waals surface area contributed by atoms with Gasteiger partial charge in [0.25, 0.3) is 0 Å². The number of ether oxygens (including phenoxy) is 3. The second-order valence-electron chi connectivity index (χ2n) is 22.0. The summed E-state index contributed by atoms with van der Waals surface area (Å²) in [5.74, 6) is -0.877. The minimum absolute atomic E-state index is 0.0769. The van der Waals surface area contributed by atoms with Gasteiger partial charge in [0.2, 0.25) is 0 Å². The molecular weight excluding hydrogens is 961 g/mol. The Morgan fingerprint density at radius 2 is 0.500 bits per heavy atom. The first-order chi connectivity index (χ1) is 38.5. The second kappa shape index (κ2) is 65.8. The predicted octanol–water partition coefficient (Wildman–Crippen LogP) is 22.8. The summed E-state index contributed by atoms with van der Waals surface area (Å²) in [6.07, 6.45) is 88.7. The molecule has 1 unspecified atom stereocenters. The highest BCUT2D eigenvalue weighted by Crippen LogP contribution is 2.17. The highest BCUT2D eigenvalue weighted by Gasteiger charge is 2.19. The Morgan fingerprint density at radius 1 is 0.269 bits per heavy atom. The van der Waals surface area contributed by atoms with E-state index in [1.165, 1.54) is 167 Å². The molecule has 1 atom stereocenters. The van der Waals surface area contributed by atoms with Crippen LogP contribution < -0.4 is 0 Å². The van der Waals surface area contributed by atoms with Crippen LogP contribution in [0.4, 0.5) is 0 Å². The molecule has 0 heterocycles. The van der Waals surface area contributed by atoms with E-state index in [2.05, 4.69) is 118 Å². The predicted molar refractivity (Wildman–Crippen MR) is 339 cm³/mol. The Morgan fingerprint density at radius 3 is 0.782 bits per heavy atom. The Balaban J connectivity index is 4.10. The standard InChI is InChI=1S/C72H124O6/c1-4-7-10-13-16-19-21-23-25-27-29-31-32-33-34-35-36-37-38-39-40-42-43-45-47-49-51-53-56-59-62-65-71(74)77-68-69(67-76-70(73)64-61-58-55-18-15-12-9-6-3)78-72(75)66-63-60-57-54-52-50-48-46-44-41-30-28-26-24-22-20-17-14-11-8-5-2/h7-8,10-11,16-17,19-20,23-26,29-31,41,69H,4-6,9,12-15,18,21-22,27-28,32-40,42-68H2,1-3H3/b10-7-,11-8-,19-16-,20-17-,25-23-,26-24-,31-29-,41-30-. The summed E-state index contributed by atoms with van der Waals surface area (Å²) in [5, 5.41) is 0. The van der Waals surface area contributed by atoms with E-state index in [1.54, 1.807) is 0 Å². The molecule has 0 aromatic heterocycles. The van der Waals surface area contributed by atoms with E-state index >= 15 is 0 Å². The quantitative estimate of drug-likeness (QED) is 0.0261. The lowest BCUT2D eigenvalue weighted by molar-refractivity contribution is -0.167. The van der Waals surface area contributed by atoms with Crippen molar-refractivity contribution < 1.29 is 28.6 Å². The third-order valence-corrected chi connectivity index (χ3v) is 14.3. The normalized spacial score (nSPS) is 12.7. The van der Waals surface area contributed by atoms with E-state index in [0.29, 0.717) is 19.3 Å². The van der Waals surface area contributed by atoms with Crippen molar-refractivity contribution in [3.05, 3.63) is 97.2 Å². The summed E-state index contributed by atoms with van der Waals surface area (Å²) >= 11 is 0. The third-order valence-electron chi connectivity index (χ3n) is 14.3. The van der Waals surface area contributed by atoms with E-state index in [4.69, 9.17) is 14.2 Å². The van der Waals surface area contributed by atoms with Gasteiger partial charge in [-0.2, -0.15) is 0 Å². The van der Waals surface area contributed by atoms with E-state index in [9.17, 15) is 14.4 Å². The van der Waals surface area contributed by atoms with Crippen LogP contribution in [0.25, 0.3) is 0 Å².